The minimum absolute atomic E-state index is 0.375. The Morgan fingerprint density at radius 3 is 2.86 bits per heavy atom. The first kappa shape index (κ1) is 16.6. The first-order chi connectivity index (χ1) is 10.3. The van der Waals surface area contributed by atoms with Gasteiger partial charge in [0.05, 0.1) is 13.3 Å². The number of nitrogens with zero attached hydrogens (tertiary/aromatic N) is 1. The predicted molar refractivity (Wildman–Crippen MR) is 91.2 cm³/mol. The summed E-state index contributed by atoms with van der Waals surface area (Å²) in [5, 5.41) is 4.51. The van der Waals surface area contributed by atoms with Gasteiger partial charge in [-0.25, -0.2) is 0 Å². The van der Waals surface area contributed by atoms with E-state index in [1.807, 2.05) is 6.20 Å². The normalized spacial score (nSPS) is 17.6. The molecule has 3 nitrogen and oxygen atoms in total. The van der Waals surface area contributed by atoms with Crippen molar-refractivity contribution in [2.24, 2.45) is 0 Å². The molecule has 1 aliphatic carbocycles. The zero-order valence-electron chi connectivity index (χ0n) is 13.3. The molecule has 0 radical (unpaired) electrons. The first-order valence-corrected chi connectivity index (χ1v) is 9.22. The number of methoxy groups -OCH3 is 1. The van der Waals surface area contributed by atoms with Crippen molar-refractivity contribution in [1.29, 1.82) is 0 Å². The molecule has 1 aliphatic rings. The highest BCUT2D eigenvalue weighted by Crippen LogP contribution is 2.31. The standard InChI is InChI=1S/C17H28N2OS/c1-3-9-19-17(13-21-16-7-5-4-6-8-16)14-10-15(20-2)12-18-11-14/h10-12,16-17,19H,3-9,13H2,1-2H3. The molecule has 2 rings (SSSR count). The van der Waals surface area contributed by atoms with Gasteiger partial charge in [-0.15, -0.1) is 0 Å². The molecule has 0 amide bonds. The number of pyridine rings is 1. The van der Waals surface area contributed by atoms with Crippen LogP contribution in [0.5, 0.6) is 5.75 Å². The molecule has 1 heterocycles. The smallest absolute Gasteiger partial charge is 0.137 e. The fourth-order valence-corrected chi connectivity index (χ4v) is 4.24. The molecule has 0 saturated heterocycles. The summed E-state index contributed by atoms with van der Waals surface area (Å²) in [5.74, 6) is 1.97. The molecule has 0 spiro atoms. The molecule has 1 aromatic heterocycles. The van der Waals surface area contributed by atoms with Gasteiger partial charge in [0.15, 0.2) is 0 Å². The lowest BCUT2D eigenvalue weighted by Crippen LogP contribution is -2.25. The fraction of sp³-hybridized carbons (Fsp3) is 0.706. The minimum atomic E-state index is 0.375. The van der Waals surface area contributed by atoms with Crippen molar-refractivity contribution >= 4 is 11.8 Å². The quantitative estimate of drug-likeness (QED) is 0.780. The third-order valence-corrected chi connectivity index (χ3v) is 5.53. The van der Waals surface area contributed by atoms with Crippen molar-refractivity contribution in [2.45, 2.75) is 56.7 Å². The van der Waals surface area contributed by atoms with Crippen LogP contribution in [-0.2, 0) is 0 Å². The topological polar surface area (TPSA) is 34.2 Å². The molecule has 1 aromatic rings. The van der Waals surface area contributed by atoms with Crippen LogP contribution in [-0.4, -0.2) is 29.6 Å². The molecule has 1 fully saturated rings. The van der Waals surface area contributed by atoms with E-state index in [2.05, 4.69) is 35.1 Å². The Bertz CT molecular complexity index is 408. The van der Waals surface area contributed by atoms with Crippen LogP contribution in [0.15, 0.2) is 18.5 Å². The van der Waals surface area contributed by atoms with Crippen LogP contribution in [0, 0.1) is 0 Å². The van der Waals surface area contributed by atoms with Crippen molar-refractivity contribution in [3.8, 4) is 5.75 Å². The molecule has 21 heavy (non-hydrogen) atoms. The van der Waals surface area contributed by atoms with E-state index in [0.29, 0.717) is 6.04 Å². The van der Waals surface area contributed by atoms with E-state index >= 15 is 0 Å². The highest BCUT2D eigenvalue weighted by Gasteiger charge is 2.18. The highest BCUT2D eigenvalue weighted by molar-refractivity contribution is 7.99. The third kappa shape index (κ3) is 5.51. The molecule has 0 aromatic carbocycles. The summed E-state index contributed by atoms with van der Waals surface area (Å²) in [6, 6.07) is 2.49. The average molecular weight is 308 g/mol. The second kappa shape index (κ2) is 9.31. The molecule has 0 aliphatic heterocycles. The summed E-state index contributed by atoms with van der Waals surface area (Å²) in [5.41, 5.74) is 1.24. The van der Waals surface area contributed by atoms with Crippen molar-refractivity contribution in [1.82, 2.24) is 10.3 Å². The lowest BCUT2D eigenvalue weighted by molar-refractivity contribution is 0.411. The van der Waals surface area contributed by atoms with Gasteiger partial charge in [0.1, 0.15) is 5.75 Å². The maximum absolute atomic E-state index is 5.31. The van der Waals surface area contributed by atoms with E-state index in [1.165, 1.54) is 37.7 Å². The van der Waals surface area contributed by atoms with E-state index in [4.69, 9.17) is 4.74 Å². The van der Waals surface area contributed by atoms with Crippen LogP contribution < -0.4 is 10.1 Å². The Balaban J connectivity index is 1.95. The summed E-state index contributed by atoms with van der Waals surface area (Å²) in [4.78, 5) is 4.30. The molecule has 1 saturated carbocycles. The Morgan fingerprint density at radius 2 is 2.14 bits per heavy atom. The van der Waals surface area contributed by atoms with E-state index < -0.39 is 0 Å². The van der Waals surface area contributed by atoms with E-state index in [1.54, 1.807) is 13.3 Å². The summed E-state index contributed by atoms with van der Waals surface area (Å²) in [6.07, 6.45) is 11.9. The van der Waals surface area contributed by atoms with Crippen molar-refractivity contribution in [3.63, 3.8) is 0 Å². The zero-order chi connectivity index (χ0) is 14.9. The Kier molecular flexibility index (Phi) is 7.37. The van der Waals surface area contributed by atoms with Crippen LogP contribution in [0.2, 0.25) is 0 Å². The van der Waals surface area contributed by atoms with Crippen LogP contribution in [0.1, 0.15) is 57.1 Å². The van der Waals surface area contributed by atoms with E-state index in [9.17, 15) is 0 Å². The van der Waals surface area contributed by atoms with Crippen LogP contribution in [0.25, 0.3) is 0 Å². The number of hydrogen-bond donors (Lipinski definition) is 1. The van der Waals surface area contributed by atoms with Gasteiger partial charge in [-0.1, -0.05) is 26.2 Å². The maximum atomic E-state index is 5.31. The second-order valence-electron chi connectivity index (χ2n) is 5.76. The van der Waals surface area contributed by atoms with Gasteiger partial charge in [0, 0.05) is 23.2 Å². The largest absolute Gasteiger partial charge is 0.495 e. The third-order valence-electron chi connectivity index (χ3n) is 4.06. The monoisotopic (exact) mass is 308 g/mol. The Hall–Kier alpha value is -0.740. The highest BCUT2D eigenvalue weighted by atomic mass is 32.2. The van der Waals surface area contributed by atoms with Crippen molar-refractivity contribution < 1.29 is 4.74 Å². The van der Waals surface area contributed by atoms with Gasteiger partial charge in [-0.2, -0.15) is 11.8 Å². The van der Waals surface area contributed by atoms with Crippen LogP contribution in [0.3, 0.4) is 0 Å². The molecular weight excluding hydrogens is 280 g/mol. The summed E-state index contributed by atoms with van der Waals surface area (Å²) in [7, 11) is 1.70. The lowest BCUT2D eigenvalue weighted by Gasteiger charge is -2.25. The molecule has 118 valence electrons. The molecule has 1 N–H and O–H groups in total. The second-order valence-corrected chi connectivity index (χ2v) is 7.09. The minimum Gasteiger partial charge on any atom is -0.495 e. The van der Waals surface area contributed by atoms with Gasteiger partial charge in [0.2, 0.25) is 0 Å². The maximum Gasteiger partial charge on any atom is 0.137 e. The molecule has 4 heteroatoms. The average Bonchev–Trinajstić information content (AvgIpc) is 2.56. The zero-order valence-corrected chi connectivity index (χ0v) is 14.1. The first-order valence-electron chi connectivity index (χ1n) is 8.17. The summed E-state index contributed by atoms with van der Waals surface area (Å²) in [6.45, 7) is 3.26. The van der Waals surface area contributed by atoms with Crippen molar-refractivity contribution in [3.05, 3.63) is 24.0 Å². The number of rotatable bonds is 8. The van der Waals surface area contributed by atoms with Gasteiger partial charge in [-0.05, 0) is 37.4 Å². The molecule has 1 unspecified atom stereocenters. The number of aromatic nitrogens is 1. The molecular formula is C17H28N2OS. The number of thioether (sulfide) groups is 1. The van der Waals surface area contributed by atoms with E-state index in [-0.39, 0.29) is 0 Å². The summed E-state index contributed by atoms with van der Waals surface area (Å²) >= 11 is 2.13. The SMILES string of the molecule is CCCNC(CSC1CCCCC1)c1cncc(OC)c1. The Labute approximate surface area is 133 Å². The lowest BCUT2D eigenvalue weighted by atomic mass is 10.0. The van der Waals surface area contributed by atoms with E-state index in [0.717, 1.165) is 29.7 Å². The Morgan fingerprint density at radius 1 is 1.33 bits per heavy atom. The summed E-state index contributed by atoms with van der Waals surface area (Å²) < 4.78 is 5.31. The number of nitrogens with one attached hydrogen (secondary N) is 1. The number of ether oxygens (including phenoxy) is 1. The van der Waals surface area contributed by atoms with Gasteiger partial charge in [-0.3, -0.25) is 4.98 Å². The van der Waals surface area contributed by atoms with Crippen LogP contribution in [0.4, 0.5) is 0 Å². The predicted octanol–water partition coefficient (Wildman–Crippen LogP) is 4.20. The van der Waals surface area contributed by atoms with Gasteiger partial charge < -0.3 is 10.1 Å². The fourth-order valence-electron chi connectivity index (χ4n) is 2.79. The van der Waals surface area contributed by atoms with Gasteiger partial charge in [0.25, 0.3) is 0 Å². The van der Waals surface area contributed by atoms with Crippen molar-refractivity contribution in [2.75, 3.05) is 19.4 Å². The van der Waals surface area contributed by atoms with Gasteiger partial charge >= 0.3 is 0 Å². The number of hydrogen-bond acceptors (Lipinski definition) is 4. The molecule has 1 atom stereocenters. The van der Waals surface area contributed by atoms with Crippen LogP contribution >= 0.6 is 11.8 Å². The molecule has 0 bridgehead atoms.